The average Bonchev–Trinajstić information content (AvgIpc) is 2.48. The second-order valence-electron chi connectivity index (χ2n) is 4.99. The zero-order valence-electron chi connectivity index (χ0n) is 12.5. The van der Waals surface area contributed by atoms with Crippen molar-refractivity contribution in [1.29, 1.82) is 5.26 Å². The molecule has 1 N–H and O–H groups in total. The summed E-state index contributed by atoms with van der Waals surface area (Å²) in [5.74, 6) is -0.460. The molecule has 0 aliphatic carbocycles. The molecule has 0 spiro atoms. The number of amides is 1. The van der Waals surface area contributed by atoms with Gasteiger partial charge in [0.25, 0.3) is 5.56 Å². The number of nitrogens with one attached hydrogen (secondary N) is 1. The number of para-hydroxylation sites is 1. The van der Waals surface area contributed by atoms with E-state index < -0.39 is 11.5 Å². The molecule has 1 aromatic heterocycles. The van der Waals surface area contributed by atoms with Gasteiger partial charge in [-0.1, -0.05) is 29.3 Å². The molecule has 0 saturated carbocycles. The number of hydrogen-bond donors (Lipinski definition) is 1. The normalized spacial score (nSPS) is 10.2. The topological polar surface area (TPSA) is 74.9 Å². The Hall–Kier alpha value is -2.29. The molecule has 0 aliphatic rings. The number of nitriles is 1. The fraction of sp³-hybridized carbons (Fsp3) is 0.188. The molecule has 23 heavy (non-hydrogen) atoms. The summed E-state index contributed by atoms with van der Waals surface area (Å²) in [5, 5.41) is 12.3. The minimum atomic E-state index is -0.495. The number of rotatable bonds is 3. The number of nitrogens with zero attached hydrogens (tertiary/aromatic N) is 2. The zero-order valence-corrected chi connectivity index (χ0v) is 14.0. The molecule has 7 heteroatoms. The van der Waals surface area contributed by atoms with Crippen LogP contribution in [0.15, 0.2) is 29.1 Å². The van der Waals surface area contributed by atoms with E-state index in [1.54, 1.807) is 38.1 Å². The molecule has 0 saturated heterocycles. The lowest BCUT2D eigenvalue weighted by molar-refractivity contribution is -0.116. The summed E-state index contributed by atoms with van der Waals surface area (Å²) in [5.41, 5.74) is 0.997. The highest BCUT2D eigenvalue weighted by Crippen LogP contribution is 2.29. The fourth-order valence-corrected chi connectivity index (χ4v) is 2.69. The summed E-state index contributed by atoms with van der Waals surface area (Å²) in [6.07, 6.45) is 0. The summed E-state index contributed by atoms with van der Waals surface area (Å²) in [6.45, 7) is 3.15. The van der Waals surface area contributed by atoms with Crippen LogP contribution >= 0.6 is 23.2 Å². The van der Waals surface area contributed by atoms with Crippen LogP contribution in [0.4, 0.5) is 5.69 Å². The van der Waals surface area contributed by atoms with E-state index in [-0.39, 0.29) is 12.1 Å². The van der Waals surface area contributed by atoms with Crippen LogP contribution in [0.25, 0.3) is 0 Å². The molecule has 1 heterocycles. The number of aryl methyl sites for hydroxylation is 2. The van der Waals surface area contributed by atoms with E-state index in [0.29, 0.717) is 27.0 Å². The first-order valence-corrected chi connectivity index (χ1v) is 7.45. The van der Waals surface area contributed by atoms with Gasteiger partial charge in [0, 0.05) is 5.69 Å². The molecule has 118 valence electrons. The Kier molecular flexibility index (Phi) is 5.09. The molecule has 1 aromatic carbocycles. The van der Waals surface area contributed by atoms with Gasteiger partial charge in [0.15, 0.2) is 0 Å². The Morgan fingerprint density at radius 1 is 1.30 bits per heavy atom. The maximum atomic E-state index is 12.3. The number of carbonyl (C=O) groups excluding carboxylic acids is 1. The number of anilines is 1. The number of hydrogen-bond acceptors (Lipinski definition) is 3. The van der Waals surface area contributed by atoms with E-state index in [1.165, 1.54) is 4.57 Å². The van der Waals surface area contributed by atoms with Crippen molar-refractivity contribution in [2.45, 2.75) is 20.4 Å². The second kappa shape index (κ2) is 6.86. The van der Waals surface area contributed by atoms with Crippen molar-refractivity contribution in [3.63, 3.8) is 0 Å². The van der Waals surface area contributed by atoms with Crippen LogP contribution in [0.3, 0.4) is 0 Å². The molecule has 1 amide bonds. The lowest BCUT2D eigenvalue weighted by Crippen LogP contribution is -2.31. The van der Waals surface area contributed by atoms with E-state index in [2.05, 4.69) is 5.32 Å². The van der Waals surface area contributed by atoms with Crippen LogP contribution in [0, 0.1) is 25.2 Å². The van der Waals surface area contributed by atoms with E-state index in [9.17, 15) is 9.59 Å². The summed E-state index contributed by atoms with van der Waals surface area (Å²) < 4.78 is 1.24. The fourth-order valence-electron chi connectivity index (χ4n) is 2.20. The Morgan fingerprint density at radius 2 is 1.91 bits per heavy atom. The van der Waals surface area contributed by atoms with Crippen molar-refractivity contribution in [2.75, 3.05) is 5.32 Å². The van der Waals surface area contributed by atoms with Crippen LogP contribution < -0.4 is 10.9 Å². The minimum absolute atomic E-state index is 0.0270. The first-order chi connectivity index (χ1) is 10.8. The van der Waals surface area contributed by atoms with Crippen LogP contribution in [0.2, 0.25) is 10.0 Å². The maximum Gasteiger partial charge on any atom is 0.269 e. The van der Waals surface area contributed by atoms with Gasteiger partial charge in [-0.25, -0.2) is 0 Å². The van der Waals surface area contributed by atoms with Crippen molar-refractivity contribution in [3.8, 4) is 6.07 Å². The van der Waals surface area contributed by atoms with Crippen LogP contribution in [0.5, 0.6) is 0 Å². The average molecular weight is 350 g/mol. The Morgan fingerprint density at radius 3 is 2.48 bits per heavy atom. The molecule has 2 rings (SSSR count). The van der Waals surface area contributed by atoms with E-state index >= 15 is 0 Å². The predicted molar refractivity (Wildman–Crippen MR) is 90.0 cm³/mol. The third-order valence-corrected chi connectivity index (χ3v) is 3.98. The number of halogens is 2. The van der Waals surface area contributed by atoms with Gasteiger partial charge in [0.1, 0.15) is 18.2 Å². The first kappa shape index (κ1) is 17.1. The minimum Gasteiger partial charge on any atom is -0.322 e. The zero-order chi connectivity index (χ0) is 17.1. The van der Waals surface area contributed by atoms with E-state index in [4.69, 9.17) is 28.5 Å². The van der Waals surface area contributed by atoms with Gasteiger partial charge in [-0.05, 0) is 37.6 Å². The summed E-state index contributed by atoms with van der Waals surface area (Å²) in [6, 6.07) is 8.41. The largest absolute Gasteiger partial charge is 0.322 e. The van der Waals surface area contributed by atoms with Crippen molar-refractivity contribution in [1.82, 2.24) is 4.57 Å². The van der Waals surface area contributed by atoms with Gasteiger partial charge in [-0.15, -0.1) is 0 Å². The highest BCUT2D eigenvalue weighted by atomic mass is 35.5. The number of carbonyl (C=O) groups is 1. The summed E-state index contributed by atoms with van der Waals surface area (Å²) in [7, 11) is 0. The lowest BCUT2D eigenvalue weighted by Gasteiger charge is -2.13. The standard InChI is InChI=1S/C16H13Cl2N3O2/c1-9-6-10(2)21(16(23)11(9)7-19)8-14(22)20-15-12(17)4-3-5-13(15)18/h3-6H,8H2,1-2H3,(H,20,22). The molecular formula is C16H13Cl2N3O2. The number of benzene rings is 1. The summed E-state index contributed by atoms with van der Waals surface area (Å²) >= 11 is 12.0. The third-order valence-electron chi connectivity index (χ3n) is 3.35. The first-order valence-electron chi connectivity index (χ1n) is 6.70. The van der Waals surface area contributed by atoms with Crippen LogP contribution in [0.1, 0.15) is 16.8 Å². The smallest absolute Gasteiger partial charge is 0.269 e. The monoisotopic (exact) mass is 349 g/mol. The highest BCUT2D eigenvalue weighted by Gasteiger charge is 2.14. The predicted octanol–water partition coefficient (Wildman–Crippen LogP) is 3.28. The summed E-state index contributed by atoms with van der Waals surface area (Å²) in [4.78, 5) is 24.5. The molecule has 0 radical (unpaired) electrons. The quantitative estimate of drug-likeness (QED) is 0.923. The van der Waals surface area contributed by atoms with Crippen molar-refractivity contribution < 1.29 is 4.79 Å². The van der Waals surface area contributed by atoms with Crippen molar-refractivity contribution in [2.24, 2.45) is 0 Å². The highest BCUT2D eigenvalue weighted by molar-refractivity contribution is 6.39. The van der Waals surface area contributed by atoms with Crippen molar-refractivity contribution in [3.05, 3.63) is 61.5 Å². The van der Waals surface area contributed by atoms with Gasteiger partial charge in [0.05, 0.1) is 15.7 Å². The van der Waals surface area contributed by atoms with Gasteiger partial charge in [0.2, 0.25) is 5.91 Å². The van der Waals surface area contributed by atoms with Crippen LogP contribution in [-0.4, -0.2) is 10.5 Å². The van der Waals surface area contributed by atoms with Gasteiger partial charge >= 0.3 is 0 Å². The molecule has 2 aromatic rings. The lowest BCUT2D eigenvalue weighted by atomic mass is 10.1. The molecule has 0 bridgehead atoms. The molecule has 0 aliphatic heterocycles. The molecule has 0 fully saturated rings. The number of aromatic nitrogens is 1. The van der Waals surface area contributed by atoms with Crippen LogP contribution in [-0.2, 0) is 11.3 Å². The van der Waals surface area contributed by atoms with Gasteiger partial charge in [-0.3, -0.25) is 9.59 Å². The third kappa shape index (κ3) is 3.55. The second-order valence-corrected chi connectivity index (χ2v) is 5.81. The Balaban J connectivity index is 2.32. The molecular weight excluding hydrogens is 337 g/mol. The van der Waals surface area contributed by atoms with E-state index in [1.807, 2.05) is 6.07 Å². The molecule has 5 nitrogen and oxygen atoms in total. The Labute approximate surface area is 143 Å². The SMILES string of the molecule is Cc1cc(C)n(CC(=O)Nc2c(Cl)cccc2Cl)c(=O)c1C#N. The van der Waals surface area contributed by atoms with Gasteiger partial charge < -0.3 is 9.88 Å². The maximum absolute atomic E-state index is 12.3. The number of pyridine rings is 1. The molecule has 0 unspecified atom stereocenters. The molecule has 0 atom stereocenters. The Bertz CT molecular complexity index is 862. The van der Waals surface area contributed by atoms with E-state index in [0.717, 1.165) is 0 Å². The van der Waals surface area contributed by atoms with Gasteiger partial charge in [-0.2, -0.15) is 5.26 Å². The van der Waals surface area contributed by atoms with Crippen molar-refractivity contribution >= 4 is 34.8 Å².